The van der Waals surface area contributed by atoms with Crippen LogP contribution in [0.2, 0.25) is 0 Å². The van der Waals surface area contributed by atoms with Crippen LogP contribution in [0, 0.1) is 0 Å². The van der Waals surface area contributed by atoms with Crippen molar-refractivity contribution in [3.8, 4) is 0 Å². The number of aryl methyl sites for hydroxylation is 1. The van der Waals surface area contributed by atoms with Gasteiger partial charge in [-0.3, -0.25) is 0 Å². The van der Waals surface area contributed by atoms with E-state index in [1.54, 1.807) is 12.1 Å². The third-order valence-electron chi connectivity index (χ3n) is 6.09. The van der Waals surface area contributed by atoms with Crippen LogP contribution in [-0.2, 0) is 11.8 Å². The van der Waals surface area contributed by atoms with Crippen molar-refractivity contribution >= 4 is 28.6 Å². The molecule has 0 radical (unpaired) electrons. The molecule has 1 aliphatic carbocycles. The van der Waals surface area contributed by atoms with Crippen molar-refractivity contribution < 1.29 is 9.90 Å². The van der Waals surface area contributed by atoms with Crippen molar-refractivity contribution in [2.75, 3.05) is 23.7 Å². The number of piperidine rings is 1. The SMILES string of the molecule is Nc1ncc2c(n1)C1(CCCN(c3cc(C(=O)O)c4ccccc4n3)C1)CC2. The van der Waals surface area contributed by atoms with Crippen molar-refractivity contribution in [3.63, 3.8) is 0 Å². The molecule has 0 saturated carbocycles. The number of nitrogen functional groups attached to an aromatic ring is 1. The molecular formula is C21H21N5O2. The highest BCUT2D eigenvalue weighted by Crippen LogP contribution is 2.44. The van der Waals surface area contributed by atoms with Crippen molar-refractivity contribution in [1.82, 2.24) is 15.0 Å². The molecule has 0 bridgehead atoms. The number of nitrogens with two attached hydrogens (primary N) is 1. The third-order valence-corrected chi connectivity index (χ3v) is 6.09. The van der Waals surface area contributed by atoms with Gasteiger partial charge in [0.05, 0.1) is 16.8 Å². The predicted molar refractivity (Wildman–Crippen MR) is 107 cm³/mol. The van der Waals surface area contributed by atoms with E-state index >= 15 is 0 Å². The van der Waals surface area contributed by atoms with E-state index in [9.17, 15) is 9.90 Å². The highest BCUT2D eigenvalue weighted by molar-refractivity contribution is 6.03. The van der Waals surface area contributed by atoms with Crippen LogP contribution in [-0.4, -0.2) is 39.1 Å². The lowest BCUT2D eigenvalue weighted by Crippen LogP contribution is -2.46. The molecule has 1 aliphatic heterocycles. The fourth-order valence-corrected chi connectivity index (χ4v) is 4.78. The lowest BCUT2D eigenvalue weighted by molar-refractivity contribution is 0.0699. The molecule has 3 N–H and O–H groups in total. The van der Waals surface area contributed by atoms with Gasteiger partial charge in [0.1, 0.15) is 5.82 Å². The number of aromatic nitrogens is 3. The van der Waals surface area contributed by atoms with E-state index in [-0.39, 0.29) is 5.41 Å². The Bertz CT molecular complexity index is 1100. The van der Waals surface area contributed by atoms with Gasteiger partial charge in [-0.05, 0) is 43.4 Å². The van der Waals surface area contributed by atoms with Crippen LogP contribution in [0.4, 0.5) is 11.8 Å². The van der Waals surface area contributed by atoms with Crippen molar-refractivity contribution in [3.05, 3.63) is 53.3 Å². The zero-order chi connectivity index (χ0) is 19.3. The Morgan fingerprint density at radius 3 is 2.93 bits per heavy atom. The Hall–Kier alpha value is -3.22. The van der Waals surface area contributed by atoms with Gasteiger partial charge in [-0.2, -0.15) is 0 Å². The summed E-state index contributed by atoms with van der Waals surface area (Å²) in [5.41, 5.74) is 9.03. The zero-order valence-corrected chi connectivity index (χ0v) is 15.4. The first-order valence-electron chi connectivity index (χ1n) is 9.56. The van der Waals surface area contributed by atoms with Crippen LogP contribution >= 0.6 is 0 Å². The van der Waals surface area contributed by atoms with Gasteiger partial charge in [0.25, 0.3) is 0 Å². The largest absolute Gasteiger partial charge is 0.478 e. The number of pyridine rings is 1. The first-order valence-corrected chi connectivity index (χ1v) is 9.56. The number of benzene rings is 1. The number of para-hydroxylation sites is 1. The Morgan fingerprint density at radius 2 is 2.07 bits per heavy atom. The molecule has 7 heteroatoms. The van der Waals surface area contributed by atoms with Crippen LogP contribution in [0.1, 0.15) is 40.9 Å². The summed E-state index contributed by atoms with van der Waals surface area (Å²) < 4.78 is 0. The lowest BCUT2D eigenvalue weighted by Gasteiger charge is -2.41. The summed E-state index contributed by atoms with van der Waals surface area (Å²) in [4.78, 5) is 27.5. The van der Waals surface area contributed by atoms with Crippen LogP contribution < -0.4 is 10.6 Å². The zero-order valence-electron chi connectivity index (χ0n) is 15.4. The maximum Gasteiger partial charge on any atom is 0.336 e. The standard InChI is InChI=1S/C21H21N5O2/c22-20-23-11-13-6-8-21(18(13)25-20)7-3-9-26(12-21)17-10-15(19(27)28)14-4-1-2-5-16(14)24-17/h1-2,4-5,10-11H,3,6-9,12H2,(H,27,28)(H2,22,23,25). The normalized spacial score (nSPS) is 21.2. The Kier molecular flexibility index (Phi) is 3.72. The Labute approximate surface area is 162 Å². The molecule has 5 rings (SSSR count). The monoisotopic (exact) mass is 375 g/mol. The van der Waals surface area contributed by atoms with Crippen LogP contribution in [0.5, 0.6) is 0 Å². The molecule has 3 heterocycles. The topological polar surface area (TPSA) is 105 Å². The van der Waals surface area contributed by atoms with E-state index in [2.05, 4.69) is 14.9 Å². The minimum absolute atomic E-state index is 0.0681. The lowest BCUT2D eigenvalue weighted by atomic mass is 9.77. The minimum Gasteiger partial charge on any atom is -0.478 e. The number of carboxylic acids is 1. The average molecular weight is 375 g/mol. The second kappa shape index (κ2) is 6.15. The number of carbonyl (C=O) groups is 1. The maximum atomic E-state index is 11.8. The Morgan fingerprint density at radius 1 is 1.21 bits per heavy atom. The molecule has 1 unspecified atom stereocenters. The Balaban J connectivity index is 1.57. The van der Waals surface area contributed by atoms with Crippen LogP contribution in [0.25, 0.3) is 10.9 Å². The summed E-state index contributed by atoms with van der Waals surface area (Å²) in [6, 6.07) is 9.10. The number of aromatic carboxylic acids is 1. The van der Waals surface area contributed by atoms with Crippen LogP contribution in [0.3, 0.4) is 0 Å². The number of carboxylic acid groups (broad SMARTS) is 1. The summed E-state index contributed by atoms with van der Waals surface area (Å²) in [5, 5.41) is 10.4. The molecule has 1 fully saturated rings. The number of hydrogen-bond donors (Lipinski definition) is 2. The maximum absolute atomic E-state index is 11.8. The van der Waals surface area contributed by atoms with Gasteiger partial charge in [-0.25, -0.2) is 19.7 Å². The highest BCUT2D eigenvalue weighted by Gasteiger charge is 2.44. The van der Waals surface area contributed by atoms with Gasteiger partial charge in [0, 0.05) is 30.1 Å². The first-order chi connectivity index (χ1) is 13.6. The molecule has 1 aromatic carbocycles. The van der Waals surface area contributed by atoms with Crippen molar-refractivity contribution in [1.29, 1.82) is 0 Å². The number of rotatable bonds is 2. The van der Waals surface area contributed by atoms with Gasteiger partial charge in [0.15, 0.2) is 0 Å². The van der Waals surface area contributed by atoms with Gasteiger partial charge in [-0.15, -0.1) is 0 Å². The van der Waals surface area contributed by atoms with E-state index in [0.717, 1.165) is 44.5 Å². The number of anilines is 2. The molecule has 1 atom stereocenters. The molecular weight excluding hydrogens is 354 g/mol. The number of nitrogens with zero attached hydrogens (tertiary/aromatic N) is 4. The molecule has 2 aromatic heterocycles. The highest BCUT2D eigenvalue weighted by atomic mass is 16.4. The van der Waals surface area contributed by atoms with Gasteiger partial charge in [0.2, 0.25) is 5.95 Å². The molecule has 142 valence electrons. The third kappa shape index (κ3) is 2.58. The minimum atomic E-state index is -0.932. The molecule has 1 spiro atoms. The van der Waals surface area contributed by atoms with Crippen molar-refractivity contribution in [2.45, 2.75) is 31.1 Å². The average Bonchev–Trinajstić information content (AvgIpc) is 3.04. The smallest absolute Gasteiger partial charge is 0.336 e. The van der Waals surface area contributed by atoms with Gasteiger partial charge in [-0.1, -0.05) is 18.2 Å². The molecule has 28 heavy (non-hydrogen) atoms. The van der Waals surface area contributed by atoms with E-state index in [4.69, 9.17) is 10.7 Å². The first kappa shape index (κ1) is 16.9. The second-order valence-electron chi connectivity index (χ2n) is 7.76. The van der Waals surface area contributed by atoms with Crippen LogP contribution in [0.15, 0.2) is 36.5 Å². The predicted octanol–water partition coefficient (Wildman–Crippen LogP) is 2.79. The molecule has 2 aliphatic rings. The summed E-state index contributed by atoms with van der Waals surface area (Å²) in [7, 11) is 0. The summed E-state index contributed by atoms with van der Waals surface area (Å²) in [6.07, 6.45) is 5.86. The summed E-state index contributed by atoms with van der Waals surface area (Å²) >= 11 is 0. The fourth-order valence-electron chi connectivity index (χ4n) is 4.78. The van der Waals surface area contributed by atoms with Gasteiger partial charge < -0.3 is 15.7 Å². The molecule has 1 saturated heterocycles. The summed E-state index contributed by atoms with van der Waals surface area (Å²) in [5.74, 6) is 0.0955. The van der Waals surface area contributed by atoms with E-state index in [0.29, 0.717) is 28.2 Å². The van der Waals surface area contributed by atoms with Crippen molar-refractivity contribution in [2.24, 2.45) is 0 Å². The number of hydrogen-bond acceptors (Lipinski definition) is 6. The molecule has 0 amide bonds. The molecule has 7 nitrogen and oxygen atoms in total. The summed E-state index contributed by atoms with van der Waals surface area (Å²) in [6.45, 7) is 1.61. The number of fused-ring (bicyclic) bond motifs is 3. The quantitative estimate of drug-likeness (QED) is 0.709. The fraction of sp³-hybridized carbons (Fsp3) is 0.333. The van der Waals surface area contributed by atoms with E-state index < -0.39 is 5.97 Å². The second-order valence-corrected chi connectivity index (χ2v) is 7.76. The molecule has 3 aromatic rings. The van der Waals surface area contributed by atoms with E-state index in [1.807, 2.05) is 24.4 Å². The van der Waals surface area contributed by atoms with Gasteiger partial charge >= 0.3 is 5.97 Å². The van der Waals surface area contributed by atoms with E-state index in [1.165, 1.54) is 5.56 Å².